The standard InChI is InChI=1S/C53H75N9O6/c1-33(2)40(30-46(63)59-21-25-67-26-22-59)51(64)61-17-5-7-43(61)41-29-38(31-54-41)39-13-14-44(48-37-11-9-36(10-12-37)47(39)48)58-19-15-35(16-20-58)42-32-55-50(56-42)45-8-6-18-62(45)52(65)49(34(3)4)57-53(66)60-23-27-68-28-24-60/h13-14,31-37,40,43,45,49H,5-12,15-30H2,1-4H3,(H,55,56)(H,57,66)/t36?,37?,40-,43-,45-,49-/m0/s1. The van der Waals surface area contributed by atoms with Crippen molar-refractivity contribution in [1.82, 2.24) is 34.9 Å². The van der Waals surface area contributed by atoms with Gasteiger partial charge in [-0.2, -0.15) is 0 Å². The van der Waals surface area contributed by atoms with Gasteiger partial charge in [0.05, 0.1) is 38.5 Å². The molecule has 15 nitrogen and oxygen atoms in total. The van der Waals surface area contributed by atoms with Gasteiger partial charge in [-0.1, -0.05) is 33.8 Å². The Bertz CT molecular complexity index is 2240. The van der Waals surface area contributed by atoms with Crippen LogP contribution < -0.4 is 10.2 Å². The maximum atomic E-state index is 14.3. The molecule has 5 saturated heterocycles. The first-order valence-electron chi connectivity index (χ1n) is 26.4. The summed E-state index contributed by atoms with van der Waals surface area (Å²) in [6.45, 7) is 15.9. The van der Waals surface area contributed by atoms with E-state index >= 15 is 0 Å². The quantitative estimate of drug-likeness (QED) is 0.231. The molecular formula is C53H75N9O6. The number of aliphatic imine (C=N–C) groups is 1. The van der Waals surface area contributed by atoms with E-state index < -0.39 is 6.04 Å². The molecule has 9 aliphatic rings. The molecule has 5 amide bonds. The average Bonchev–Trinajstić information content (AvgIpc) is 4.23. The van der Waals surface area contributed by atoms with E-state index in [4.69, 9.17) is 19.5 Å². The first-order chi connectivity index (χ1) is 33.0. The first-order valence-corrected chi connectivity index (χ1v) is 26.4. The second kappa shape index (κ2) is 20.3. The molecule has 6 fully saturated rings. The number of H-pyrrole nitrogens is 1. The van der Waals surface area contributed by atoms with Gasteiger partial charge in [-0.25, -0.2) is 9.78 Å². The number of aromatic amines is 1. The fraction of sp³-hybridized carbons (Fsp3) is 0.698. The Kier molecular flexibility index (Phi) is 14.0. The summed E-state index contributed by atoms with van der Waals surface area (Å²) in [5, 5.41) is 3.06. The van der Waals surface area contributed by atoms with Crippen LogP contribution in [0.3, 0.4) is 0 Å². The molecule has 0 spiro atoms. The Balaban J connectivity index is 0.787. The summed E-state index contributed by atoms with van der Waals surface area (Å²) in [5.41, 5.74) is 9.45. The number of hydrogen-bond donors (Lipinski definition) is 2. The van der Waals surface area contributed by atoms with Crippen LogP contribution in [0.5, 0.6) is 0 Å². The number of allylic oxidation sites excluding steroid dienone is 1. The molecule has 368 valence electrons. The second-order valence-corrected chi connectivity index (χ2v) is 21.6. The normalized spacial score (nSPS) is 26.4. The van der Waals surface area contributed by atoms with E-state index in [-0.39, 0.29) is 60.0 Å². The van der Waals surface area contributed by atoms with Crippen LogP contribution in [0.1, 0.15) is 157 Å². The molecule has 7 heterocycles. The Morgan fingerprint density at radius 1 is 0.706 bits per heavy atom. The lowest BCUT2D eigenvalue weighted by Crippen LogP contribution is -2.55. The largest absolute Gasteiger partial charge is 0.378 e. The minimum absolute atomic E-state index is 0.0217. The first kappa shape index (κ1) is 46.9. The maximum Gasteiger partial charge on any atom is 0.318 e. The minimum atomic E-state index is -0.603. The van der Waals surface area contributed by atoms with Gasteiger partial charge in [0.2, 0.25) is 17.7 Å². The third kappa shape index (κ3) is 9.34. The molecule has 2 N–H and O–H groups in total. The van der Waals surface area contributed by atoms with Gasteiger partial charge in [-0.05, 0) is 116 Å². The zero-order valence-corrected chi connectivity index (χ0v) is 41.1. The topological polar surface area (TPSA) is 156 Å². The average molecular weight is 934 g/mol. The van der Waals surface area contributed by atoms with E-state index in [1.807, 2.05) is 29.8 Å². The Hall–Kier alpha value is -4.76. The monoisotopic (exact) mass is 934 g/mol. The number of nitrogens with one attached hydrogen (secondary N) is 2. The summed E-state index contributed by atoms with van der Waals surface area (Å²) in [7, 11) is 0. The number of hydrogen-bond acceptors (Lipinski definition) is 9. The molecule has 0 radical (unpaired) electrons. The van der Waals surface area contributed by atoms with Crippen LogP contribution in [-0.2, 0) is 23.9 Å². The lowest BCUT2D eigenvalue weighted by Gasteiger charge is -2.44. The number of rotatable bonds is 12. The molecule has 68 heavy (non-hydrogen) atoms. The summed E-state index contributed by atoms with van der Waals surface area (Å²) < 4.78 is 10.9. The van der Waals surface area contributed by atoms with Crippen molar-refractivity contribution in [3.05, 3.63) is 52.7 Å². The van der Waals surface area contributed by atoms with Crippen molar-refractivity contribution in [3.63, 3.8) is 0 Å². The highest BCUT2D eigenvalue weighted by molar-refractivity contribution is 6.04. The van der Waals surface area contributed by atoms with Crippen molar-refractivity contribution in [2.75, 3.05) is 83.7 Å². The van der Waals surface area contributed by atoms with Crippen molar-refractivity contribution >= 4 is 40.7 Å². The molecule has 4 atom stereocenters. The highest BCUT2D eigenvalue weighted by atomic mass is 16.5. The van der Waals surface area contributed by atoms with Crippen molar-refractivity contribution in [2.24, 2.45) is 22.7 Å². The Morgan fingerprint density at radius 2 is 1.34 bits per heavy atom. The molecule has 2 bridgehead atoms. The Labute approximate surface area is 402 Å². The molecule has 6 aliphatic heterocycles. The molecular weight excluding hydrogens is 859 g/mol. The third-order valence-corrected chi connectivity index (χ3v) is 17.0. The number of urea groups is 1. The van der Waals surface area contributed by atoms with Gasteiger partial charge in [0, 0.05) is 107 Å². The highest BCUT2D eigenvalue weighted by Gasteiger charge is 2.43. The van der Waals surface area contributed by atoms with E-state index in [2.05, 4.69) is 52.3 Å². The molecule has 11 rings (SSSR count). The van der Waals surface area contributed by atoms with Gasteiger partial charge in [-0.3, -0.25) is 19.4 Å². The van der Waals surface area contributed by atoms with Crippen LogP contribution >= 0.6 is 0 Å². The van der Waals surface area contributed by atoms with Crippen molar-refractivity contribution in [3.8, 4) is 0 Å². The van der Waals surface area contributed by atoms with Crippen LogP contribution in [-0.4, -0.2) is 150 Å². The second-order valence-electron chi connectivity index (χ2n) is 21.6. The number of likely N-dealkylation sites (tertiary alicyclic amines) is 2. The summed E-state index contributed by atoms with van der Waals surface area (Å²) in [6, 6.07) is 3.85. The number of benzene rings is 1. The molecule has 1 aromatic carbocycles. The summed E-state index contributed by atoms with van der Waals surface area (Å²) in [6.07, 6.45) is 15.8. The number of fused-ring (bicyclic) bond motifs is 2. The van der Waals surface area contributed by atoms with Crippen LogP contribution in [0.15, 0.2) is 29.5 Å². The highest BCUT2D eigenvalue weighted by Crippen LogP contribution is 2.55. The van der Waals surface area contributed by atoms with Gasteiger partial charge >= 0.3 is 6.03 Å². The fourth-order valence-electron chi connectivity index (χ4n) is 13.0. The number of carbonyl (C=O) groups is 4. The van der Waals surface area contributed by atoms with Gasteiger partial charge in [-0.15, -0.1) is 0 Å². The predicted octanol–water partition coefficient (Wildman–Crippen LogP) is 6.98. The Morgan fingerprint density at radius 3 is 2.00 bits per heavy atom. The number of morpholine rings is 2. The van der Waals surface area contributed by atoms with Crippen LogP contribution in [0.2, 0.25) is 0 Å². The van der Waals surface area contributed by atoms with E-state index in [1.165, 1.54) is 42.5 Å². The van der Waals surface area contributed by atoms with Crippen LogP contribution in [0.25, 0.3) is 5.57 Å². The van der Waals surface area contributed by atoms with Crippen molar-refractivity contribution < 1.29 is 28.7 Å². The lowest BCUT2D eigenvalue weighted by atomic mass is 9.64. The minimum Gasteiger partial charge on any atom is -0.378 e. The number of anilines is 1. The zero-order chi connectivity index (χ0) is 47.1. The molecule has 15 heteroatoms. The van der Waals surface area contributed by atoms with Gasteiger partial charge in [0.1, 0.15) is 11.9 Å². The lowest BCUT2D eigenvalue weighted by molar-refractivity contribution is -0.144. The van der Waals surface area contributed by atoms with E-state index in [1.54, 1.807) is 16.0 Å². The molecule has 0 unspecified atom stereocenters. The third-order valence-electron chi connectivity index (χ3n) is 17.0. The van der Waals surface area contributed by atoms with E-state index in [0.29, 0.717) is 76.9 Å². The SMILES string of the molecule is CC(C)[C@H](CC(=O)N1CCOCC1)C(=O)N1CCC[C@H]1C1=NC=C(c2ccc(N3CCC(c4cnc([C@@H]5CCCN5C(=O)[C@@H](NC(=O)N5CCOCC5)C(C)C)[nH]4)CC3)c3c2C2CCC3CC2)C1. The number of nitrogens with zero attached hydrogens (tertiary/aromatic N) is 7. The maximum absolute atomic E-state index is 14.3. The fourth-order valence-corrected chi connectivity index (χ4v) is 13.0. The molecule has 1 aromatic heterocycles. The van der Waals surface area contributed by atoms with Gasteiger partial charge in [0.15, 0.2) is 0 Å². The molecule has 3 aliphatic carbocycles. The smallest absolute Gasteiger partial charge is 0.318 e. The summed E-state index contributed by atoms with van der Waals surface area (Å²) >= 11 is 0. The number of carbonyl (C=O) groups excluding carboxylic acids is 4. The number of aromatic nitrogens is 2. The van der Waals surface area contributed by atoms with Crippen LogP contribution in [0, 0.1) is 17.8 Å². The zero-order valence-electron chi connectivity index (χ0n) is 41.1. The van der Waals surface area contributed by atoms with E-state index in [9.17, 15) is 19.2 Å². The van der Waals surface area contributed by atoms with Crippen molar-refractivity contribution in [2.45, 2.75) is 141 Å². The number of ether oxygens (including phenoxy) is 2. The number of piperidine rings is 1. The summed E-state index contributed by atoms with van der Waals surface area (Å²) in [4.78, 5) is 78.9. The van der Waals surface area contributed by atoms with E-state index in [0.717, 1.165) is 81.8 Å². The number of amides is 5. The van der Waals surface area contributed by atoms with Gasteiger partial charge < -0.3 is 44.3 Å². The molecule has 2 aromatic rings. The number of imidazole rings is 1. The van der Waals surface area contributed by atoms with Crippen LogP contribution in [0.4, 0.5) is 10.5 Å². The predicted molar refractivity (Wildman–Crippen MR) is 262 cm³/mol. The molecule has 1 saturated carbocycles. The van der Waals surface area contributed by atoms with Gasteiger partial charge in [0.25, 0.3) is 0 Å². The van der Waals surface area contributed by atoms with Crippen molar-refractivity contribution in [1.29, 1.82) is 0 Å². The summed E-state index contributed by atoms with van der Waals surface area (Å²) in [5.74, 6) is 2.16.